The molecular weight excluding hydrogens is 436 g/mol. The first-order chi connectivity index (χ1) is 15.2. The molecule has 0 unspecified atom stereocenters. The van der Waals surface area contributed by atoms with Crippen LogP contribution in [0.15, 0.2) is 30.3 Å². The van der Waals surface area contributed by atoms with Crippen LogP contribution < -0.4 is 16.1 Å². The van der Waals surface area contributed by atoms with E-state index in [0.29, 0.717) is 26.1 Å². The zero-order valence-corrected chi connectivity index (χ0v) is 18.9. The van der Waals surface area contributed by atoms with Gasteiger partial charge in [0.25, 0.3) is 0 Å². The second-order valence-corrected chi connectivity index (χ2v) is 10.4. The predicted octanol–water partition coefficient (Wildman–Crippen LogP) is -1.19. The highest BCUT2D eigenvalue weighted by Gasteiger charge is 2.49. The number of nitrogens with one attached hydrogen (secondary N) is 3. The normalized spacial score (nSPS) is 23.2. The molecular formula is C21H30N4O6S. The first-order valence-electron chi connectivity index (χ1n) is 10.7. The summed E-state index contributed by atoms with van der Waals surface area (Å²) < 4.78 is 28.3. The summed E-state index contributed by atoms with van der Waals surface area (Å²) in [5, 5.41) is 7.02. The number of ketones is 1. The fourth-order valence-corrected chi connectivity index (χ4v) is 4.66. The Hall–Kier alpha value is -2.34. The molecule has 0 bridgehead atoms. The van der Waals surface area contributed by atoms with Gasteiger partial charge in [-0.2, -0.15) is 0 Å². The summed E-state index contributed by atoms with van der Waals surface area (Å²) in [6, 6.07) is 8.40. The van der Waals surface area contributed by atoms with Crippen LogP contribution in [-0.4, -0.2) is 87.0 Å². The monoisotopic (exact) mass is 466 g/mol. The van der Waals surface area contributed by atoms with Crippen molar-refractivity contribution in [2.75, 3.05) is 44.3 Å². The van der Waals surface area contributed by atoms with Crippen molar-refractivity contribution in [2.24, 2.45) is 0 Å². The van der Waals surface area contributed by atoms with E-state index >= 15 is 0 Å². The van der Waals surface area contributed by atoms with E-state index in [4.69, 9.17) is 4.74 Å². The van der Waals surface area contributed by atoms with Crippen molar-refractivity contribution in [3.8, 4) is 0 Å². The number of nitrogens with zero attached hydrogens (tertiary/aromatic N) is 1. The van der Waals surface area contributed by atoms with Crippen LogP contribution in [0.5, 0.6) is 0 Å². The van der Waals surface area contributed by atoms with E-state index in [1.165, 1.54) is 0 Å². The molecule has 2 atom stereocenters. The number of hydrogen-bond donors (Lipinski definition) is 3. The number of ether oxygens (including phenoxy) is 1. The average Bonchev–Trinajstić information content (AvgIpc) is 3.58. The Bertz CT molecular complexity index is 919. The van der Waals surface area contributed by atoms with Crippen molar-refractivity contribution >= 4 is 27.4 Å². The molecule has 2 amide bonds. The molecule has 1 aromatic carbocycles. The molecule has 176 valence electrons. The maximum atomic E-state index is 12.8. The number of hydrogen-bond acceptors (Lipinski definition) is 8. The smallest absolute Gasteiger partial charge is 0.243 e. The van der Waals surface area contributed by atoms with Crippen molar-refractivity contribution in [2.45, 2.75) is 31.4 Å². The highest BCUT2D eigenvalue weighted by molar-refractivity contribution is 7.91. The summed E-state index contributed by atoms with van der Waals surface area (Å²) in [6.45, 7) is 2.57. The minimum Gasteiger partial charge on any atom is -0.361 e. The fraction of sp³-hybridized carbons (Fsp3) is 0.571. The van der Waals surface area contributed by atoms with Gasteiger partial charge in [0.2, 0.25) is 11.8 Å². The van der Waals surface area contributed by atoms with E-state index in [9.17, 15) is 22.8 Å². The molecule has 2 aliphatic rings. The summed E-state index contributed by atoms with van der Waals surface area (Å²) in [5.74, 6) is -0.960. The summed E-state index contributed by atoms with van der Waals surface area (Å²) in [5.41, 5.74) is 2.99. The van der Waals surface area contributed by atoms with Gasteiger partial charge in [-0.15, -0.1) is 0 Å². The van der Waals surface area contributed by atoms with Crippen LogP contribution in [0, 0.1) is 0 Å². The molecule has 0 aliphatic carbocycles. The van der Waals surface area contributed by atoms with Crippen molar-refractivity contribution in [3.63, 3.8) is 0 Å². The third-order valence-electron chi connectivity index (χ3n) is 5.74. The number of epoxide rings is 1. The van der Waals surface area contributed by atoms with Gasteiger partial charge in [0.15, 0.2) is 21.2 Å². The second kappa shape index (κ2) is 10.5. The van der Waals surface area contributed by atoms with Crippen molar-refractivity contribution in [1.29, 1.82) is 0 Å². The number of rotatable bonds is 11. The topological polar surface area (TPSA) is 137 Å². The van der Waals surface area contributed by atoms with E-state index in [1.54, 1.807) is 5.01 Å². The Morgan fingerprint density at radius 1 is 1.12 bits per heavy atom. The molecule has 0 spiro atoms. The zero-order valence-electron chi connectivity index (χ0n) is 18.1. The molecule has 0 saturated carbocycles. The predicted molar refractivity (Wildman–Crippen MR) is 117 cm³/mol. The van der Waals surface area contributed by atoms with Crippen LogP contribution in [0.1, 0.15) is 18.9 Å². The maximum absolute atomic E-state index is 12.8. The van der Waals surface area contributed by atoms with E-state index in [-0.39, 0.29) is 36.8 Å². The molecule has 32 heavy (non-hydrogen) atoms. The lowest BCUT2D eigenvalue weighted by molar-refractivity contribution is -0.131. The minimum atomic E-state index is -3.01. The van der Waals surface area contributed by atoms with Crippen LogP contribution in [0.3, 0.4) is 0 Å². The second-order valence-electron chi connectivity index (χ2n) is 8.06. The third-order valence-corrected chi connectivity index (χ3v) is 7.35. The minimum absolute atomic E-state index is 0.0393. The van der Waals surface area contributed by atoms with Crippen molar-refractivity contribution < 1.29 is 27.5 Å². The molecule has 1 aromatic rings. The molecule has 2 heterocycles. The molecule has 0 radical (unpaired) electrons. The number of hydrazine groups is 1. The highest BCUT2D eigenvalue weighted by Crippen LogP contribution is 2.31. The summed E-state index contributed by atoms with van der Waals surface area (Å²) in [4.78, 5) is 37.6. The van der Waals surface area contributed by atoms with Crippen LogP contribution in [0.25, 0.3) is 0 Å². The SMILES string of the molecule is CC[C@]1(C(=O)CNC(=O)[C@H](Cc2ccccc2)NC(=O)CNN2CCS(=O)(=O)CC2)CO1. The molecule has 2 saturated heterocycles. The number of carbonyl (C=O) groups is 3. The standard InChI is InChI=1S/C21H30N4O6S/c1-2-21(15-31-21)18(26)13-22-20(28)17(12-16-6-4-3-5-7-16)24-19(27)14-23-25-8-10-32(29,30)11-9-25/h3-7,17,23H,2,8-15H2,1H3,(H,22,28)(H,24,27)/t17-,21+/m0/s1. The number of Topliss-reactive ketones (excluding diaryl/α,β-unsaturated/α-hetero) is 1. The van der Waals surface area contributed by atoms with Gasteiger partial charge < -0.3 is 15.4 Å². The van der Waals surface area contributed by atoms with E-state index in [1.807, 2.05) is 37.3 Å². The lowest BCUT2D eigenvalue weighted by Crippen LogP contribution is -2.54. The van der Waals surface area contributed by atoms with Crippen LogP contribution >= 0.6 is 0 Å². The van der Waals surface area contributed by atoms with Gasteiger partial charge in [-0.1, -0.05) is 37.3 Å². The Balaban J connectivity index is 1.54. The van der Waals surface area contributed by atoms with Gasteiger partial charge in [-0.3, -0.25) is 14.4 Å². The van der Waals surface area contributed by atoms with Gasteiger partial charge in [-0.25, -0.2) is 18.9 Å². The number of benzene rings is 1. The van der Waals surface area contributed by atoms with Gasteiger partial charge >= 0.3 is 0 Å². The van der Waals surface area contributed by atoms with Gasteiger partial charge in [0, 0.05) is 19.5 Å². The molecule has 2 aliphatic heterocycles. The molecule has 3 rings (SSSR count). The van der Waals surface area contributed by atoms with Crippen LogP contribution in [0.2, 0.25) is 0 Å². The summed E-state index contributed by atoms with van der Waals surface area (Å²) in [7, 11) is -3.01. The van der Waals surface area contributed by atoms with E-state index < -0.39 is 33.3 Å². The van der Waals surface area contributed by atoms with Gasteiger partial charge in [-0.05, 0) is 12.0 Å². The van der Waals surface area contributed by atoms with Crippen LogP contribution in [-0.2, 0) is 35.4 Å². The van der Waals surface area contributed by atoms with Gasteiger partial charge in [0.05, 0.1) is 31.2 Å². The van der Waals surface area contributed by atoms with Crippen molar-refractivity contribution in [3.05, 3.63) is 35.9 Å². The molecule has 0 aromatic heterocycles. The molecule has 2 fully saturated rings. The Morgan fingerprint density at radius 3 is 2.38 bits per heavy atom. The number of sulfone groups is 1. The van der Waals surface area contributed by atoms with E-state index in [0.717, 1.165) is 5.56 Å². The summed E-state index contributed by atoms with van der Waals surface area (Å²) in [6.07, 6.45) is 0.819. The third kappa shape index (κ3) is 6.83. The maximum Gasteiger partial charge on any atom is 0.243 e. The van der Waals surface area contributed by atoms with Crippen LogP contribution in [0.4, 0.5) is 0 Å². The average molecular weight is 467 g/mol. The summed E-state index contributed by atoms with van der Waals surface area (Å²) >= 11 is 0. The quantitative estimate of drug-likeness (QED) is 0.347. The van der Waals surface area contributed by atoms with E-state index in [2.05, 4.69) is 16.1 Å². The van der Waals surface area contributed by atoms with Crippen molar-refractivity contribution in [1.82, 2.24) is 21.1 Å². The highest BCUT2D eigenvalue weighted by atomic mass is 32.2. The lowest BCUT2D eigenvalue weighted by Gasteiger charge is -2.27. The Morgan fingerprint density at radius 2 is 1.78 bits per heavy atom. The first-order valence-corrected chi connectivity index (χ1v) is 12.5. The largest absolute Gasteiger partial charge is 0.361 e. The fourth-order valence-electron chi connectivity index (χ4n) is 3.46. The number of amides is 2. The first kappa shape index (κ1) is 24.3. The lowest BCUT2D eigenvalue weighted by atomic mass is 10.0. The molecule has 10 nitrogen and oxygen atoms in total. The molecule has 3 N–H and O–H groups in total. The zero-order chi connectivity index (χ0) is 23.2. The Kier molecular flexibility index (Phi) is 7.99. The van der Waals surface area contributed by atoms with Gasteiger partial charge in [0.1, 0.15) is 6.04 Å². The number of carbonyl (C=O) groups excluding carboxylic acids is 3. The Labute approximate surface area is 187 Å². The molecule has 11 heteroatoms.